The van der Waals surface area contributed by atoms with Crippen LogP contribution in [-0.4, -0.2) is 51.5 Å². The van der Waals surface area contributed by atoms with Crippen LogP contribution in [0.3, 0.4) is 0 Å². The minimum atomic E-state index is -2.97. The van der Waals surface area contributed by atoms with Crippen LogP contribution < -0.4 is 5.32 Å². The van der Waals surface area contributed by atoms with Crippen molar-refractivity contribution >= 4 is 15.6 Å². The van der Waals surface area contributed by atoms with Gasteiger partial charge in [0.2, 0.25) is 0 Å². The van der Waals surface area contributed by atoms with Gasteiger partial charge in [0.05, 0.1) is 24.9 Å². The van der Waals surface area contributed by atoms with E-state index in [1.807, 2.05) is 0 Å². The van der Waals surface area contributed by atoms with E-state index < -0.39 is 9.84 Å². The monoisotopic (exact) mass is 291 g/mol. The van der Waals surface area contributed by atoms with Gasteiger partial charge in [-0.1, -0.05) is 13.8 Å². The summed E-state index contributed by atoms with van der Waals surface area (Å²) in [6.07, 6.45) is 1.77. The molecule has 0 spiro atoms. The Labute approximate surface area is 116 Å². The lowest BCUT2D eigenvalue weighted by molar-refractivity contribution is -0.123. The summed E-state index contributed by atoms with van der Waals surface area (Å²) in [7, 11) is -2.97. The van der Waals surface area contributed by atoms with Crippen LogP contribution >= 0.6 is 0 Å². The molecule has 5 nitrogen and oxygen atoms in total. The highest BCUT2D eigenvalue weighted by Gasteiger charge is 2.32. The molecule has 1 saturated heterocycles. The van der Waals surface area contributed by atoms with Crippen LogP contribution in [0.4, 0.5) is 0 Å². The topological polar surface area (TPSA) is 72.5 Å². The number of carbonyl (C=O) groups excluding carboxylic acids is 1. The lowest BCUT2D eigenvalue weighted by Crippen LogP contribution is -2.39. The number of hydrogen-bond acceptors (Lipinski definition) is 5. The normalized spacial score (nSPS) is 23.7. The van der Waals surface area contributed by atoms with E-state index in [1.54, 1.807) is 6.92 Å². The van der Waals surface area contributed by atoms with Crippen molar-refractivity contribution in [3.8, 4) is 0 Å². The standard InChI is InChI=1S/C13H25NO4S/c1-3-7-14-12-10-18-9-11(12)13(15)6-5-8-19(16,17)4-2/h11-12,14H,3-10H2,1-2H3. The van der Waals surface area contributed by atoms with Gasteiger partial charge >= 0.3 is 0 Å². The van der Waals surface area contributed by atoms with Gasteiger partial charge in [0.25, 0.3) is 0 Å². The molecule has 0 amide bonds. The molecule has 0 bridgehead atoms. The molecule has 1 heterocycles. The molecule has 0 saturated carbocycles. The smallest absolute Gasteiger partial charge is 0.150 e. The van der Waals surface area contributed by atoms with Crippen LogP contribution in [0.2, 0.25) is 0 Å². The van der Waals surface area contributed by atoms with Crippen LogP contribution in [0.15, 0.2) is 0 Å². The van der Waals surface area contributed by atoms with E-state index in [0.29, 0.717) is 26.1 Å². The average Bonchev–Trinajstić information content (AvgIpc) is 2.84. The Kier molecular flexibility index (Phi) is 6.96. The molecule has 0 aliphatic carbocycles. The first-order chi connectivity index (χ1) is 9.00. The number of nitrogens with one attached hydrogen (secondary N) is 1. The number of carbonyl (C=O) groups is 1. The van der Waals surface area contributed by atoms with Crippen molar-refractivity contribution in [2.45, 2.75) is 39.2 Å². The second-order valence-electron chi connectivity index (χ2n) is 5.01. The fourth-order valence-electron chi connectivity index (χ4n) is 2.20. The first-order valence-electron chi connectivity index (χ1n) is 7.04. The van der Waals surface area contributed by atoms with Crippen LogP contribution in [0.1, 0.15) is 33.1 Å². The van der Waals surface area contributed by atoms with Gasteiger partial charge in [-0.15, -0.1) is 0 Å². The maximum Gasteiger partial charge on any atom is 0.150 e. The third kappa shape index (κ3) is 5.58. The SMILES string of the molecule is CCCNC1COCC1C(=O)CCCS(=O)(=O)CC. The van der Waals surface area contributed by atoms with Crippen molar-refractivity contribution < 1.29 is 17.9 Å². The molecule has 0 aromatic carbocycles. The van der Waals surface area contributed by atoms with Crippen molar-refractivity contribution in [3.63, 3.8) is 0 Å². The van der Waals surface area contributed by atoms with Gasteiger partial charge in [0.15, 0.2) is 0 Å². The van der Waals surface area contributed by atoms with E-state index in [4.69, 9.17) is 4.74 Å². The van der Waals surface area contributed by atoms with E-state index in [2.05, 4.69) is 12.2 Å². The summed E-state index contributed by atoms with van der Waals surface area (Å²) in [4.78, 5) is 12.1. The van der Waals surface area contributed by atoms with Gasteiger partial charge in [-0.2, -0.15) is 0 Å². The molecule has 1 aliphatic heterocycles. The zero-order chi connectivity index (χ0) is 14.3. The highest BCUT2D eigenvalue weighted by molar-refractivity contribution is 7.91. The van der Waals surface area contributed by atoms with Crippen LogP contribution in [0, 0.1) is 5.92 Å². The van der Waals surface area contributed by atoms with Gasteiger partial charge in [-0.25, -0.2) is 8.42 Å². The third-order valence-corrected chi connectivity index (χ3v) is 5.26. The lowest BCUT2D eigenvalue weighted by Gasteiger charge is -2.17. The Hall–Kier alpha value is -0.460. The van der Waals surface area contributed by atoms with E-state index in [0.717, 1.165) is 13.0 Å². The highest BCUT2D eigenvalue weighted by atomic mass is 32.2. The van der Waals surface area contributed by atoms with Crippen molar-refractivity contribution in [1.82, 2.24) is 5.32 Å². The Morgan fingerprint density at radius 2 is 2.05 bits per heavy atom. The van der Waals surface area contributed by atoms with Gasteiger partial charge in [0, 0.05) is 18.2 Å². The Morgan fingerprint density at radius 1 is 1.32 bits per heavy atom. The minimum Gasteiger partial charge on any atom is -0.379 e. The molecule has 0 radical (unpaired) electrons. The molecule has 1 fully saturated rings. The van der Waals surface area contributed by atoms with Gasteiger partial charge in [-0.3, -0.25) is 4.79 Å². The Balaban J connectivity index is 2.36. The summed E-state index contributed by atoms with van der Waals surface area (Å²) in [6.45, 7) is 5.62. The fraction of sp³-hybridized carbons (Fsp3) is 0.923. The largest absolute Gasteiger partial charge is 0.379 e. The number of rotatable bonds is 9. The summed E-state index contributed by atoms with van der Waals surface area (Å²) in [5, 5.41) is 3.32. The van der Waals surface area contributed by atoms with E-state index in [1.165, 1.54) is 0 Å². The molecule has 6 heteroatoms. The molecule has 0 aromatic heterocycles. The summed E-state index contributed by atoms with van der Waals surface area (Å²) in [5.41, 5.74) is 0. The van der Waals surface area contributed by atoms with Crippen molar-refractivity contribution in [1.29, 1.82) is 0 Å². The molecule has 1 rings (SSSR count). The lowest BCUT2D eigenvalue weighted by atomic mass is 9.95. The zero-order valence-corrected chi connectivity index (χ0v) is 12.7. The number of ketones is 1. The minimum absolute atomic E-state index is 0.0928. The molecule has 2 atom stereocenters. The molecular weight excluding hydrogens is 266 g/mol. The van der Waals surface area contributed by atoms with Crippen LogP contribution in [-0.2, 0) is 19.4 Å². The zero-order valence-electron chi connectivity index (χ0n) is 11.9. The van der Waals surface area contributed by atoms with Crippen LogP contribution in [0.5, 0.6) is 0 Å². The number of sulfone groups is 1. The van der Waals surface area contributed by atoms with Crippen LogP contribution in [0.25, 0.3) is 0 Å². The van der Waals surface area contributed by atoms with E-state index in [-0.39, 0.29) is 29.2 Å². The molecule has 112 valence electrons. The second kappa shape index (κ2) is 7.97. The van der Waals surface area contributed by atoms with E-state index >= 15 is 0 Å². The highest BCUT2D eigenvalue weighted by Crippen LogP contribution is 2.17. The van der Waals surface area contributed by atoms with Gasteiger partial charge in [-0.05, 0) is 19.4 Å². The van der Waals surface area contributed by atoms with Crippen molar-refractivity contribution in [3.05, 3.63) is 0 Å². The van der Waals surface area contributed by atoms with E-state index in [9.17, 15) is 13.2 Å². The summed E-state index contributed by atoms with van der Waals surface area (Å²) >= 11 is 0. The number of Topliss-reactive ketones (excluding diaryl/α,β-unsaturated/α-hetero) is 1. The maximum absolute atomic E-state index is 12.1. The summed E-state index contributed by atoms with van der Waals surface area (Å²) in [5.74, 6) is 0.262. The fourth-order valence-corrected chi connectivity index (χ4v) is 3.07. The predicted octanol–water partition coefficient (Wildman–Crippen LogP) is 0.785. The molecule has 0 aromatic rings. The number of hydrogen-bond donors (Lipinski definition) is 1. The van der Waals surface area contributed by atoms with Gasteiger partial charge < -0.3 is 10.1 Å². The summed E-state index contributed by atoms with van der Waals surface area (Å²) < 4.78 is 28.1. The quantitative estimate of drug-likeness (QED) is 0.680. The maximum atomic E-state index is 12.1. The van der Waals surface area contributed by atoms with Crippen molar-refractivity contribution in [2.75, 3.05) is 31.3 Å². The summed E-state index contributed by atoms with van der Waals surface area (Å²) in [6, 6.07) is 0.0928. The number of ether oxygens (including phenoxy) is 1. The average molecular weight is 291 g/mol. The first kappa shape index (κ1) is 16.6. The molecule has 2 unspecified atom stereocenters. The molecule has 1 N–H and O–H groups in total. The Bertz CT molecular complexity index is 380. The molecule has 1 aliphatic rings. The van der Waals surface area contributed by atoms with Crippen molar-refractivity contribution in [2.24, 2.45) is 5.92 Å². The third-order valence-electron chi connectivity index (χ3n) is 3.47. The molecular formula is C13H25NO4S. The molecule has 19 heavy (non-hydrogen) atoms. The Morgan fingerprint density at radius 3 is 2.68 bits per heavy atom. The first-order valence-corrected chi connectivity index (χ1v) is 8.86. The van der Waals surface area contributed by atoms with Gasteiger partial charge in [0.1, 0.15) is 15.6 Å². The predicted molar refractivity (Wildman–Crippen MR) is 75.0 cm³/mol. The second-order valence-corrected chi connectivity index (χ2v) is 7.48.